The number of benzene rings is 1. The first-order chi connectivity index (χ1) is 10.6. The maximum absolute atomic E-state index is 11.5. The number of aromatic nitrogens is 3. The summed E-state index contributed by atoms with van der Waals surface area (Å²) in [5, 5.41) is 0. The van der Waals surface area contributed by atoms with E-state index >= 15 is 0 Å². The first-order valence-electron chi connectivity index (χ1n) is 6.99. The van der Waals surface area contributed by atoms with Crippen LogP contribution in [0.1, 0.15) is 11.5 Å². The van der Waals surface area contributed by atoms with Crippen LogP contribution < -0.4 is 10.3 Å². The third-order valence-corrected chi connectivity index (χ3v) is 3.64. The van der Waals surface area contributed by atoms with Gasteiger partial charge in [-0.3, -0.25) is 4.79 Å². The SMILES string of the molecule is COc1cccc(-c2nc(C)n(-c3cc[nH]c(=O)c3)c2C)c1. The highest BCUT2D eigenvalue weighted by molar-refractivity contribution is 5.65. The molecule has 0 unspecified atom stereocenters. The Morgan fingerprint density at radius 3 is 2.73 bits per heavy atom. The molecule has 0 radical (unpaired) electrons. The van der Waals surface area contributed by atoms with Crippen molar-refractivity contribution in [1.29, 1.82) is 0 Å². The minimum absolute atomic E-state index is 0.132. The van der Waals surface area contributed by atoms with Gasteiger partial charge in [-0.25, -0.2) is 4.98 Å². The average Bonchev–Trinajstić information content (AvgIpc) is 2.82. The van der Waals surface area contributed by atoms with Crippen molar-refractivity contribution in [2.24, 2.45) is 0 Å². The van der Waals surface area contributed by atoms with Crippen molar-refractivity contribution in [3.05, 3.63) is 64.5 Å². The zero-order chi connectivity index (χ0) is 15.7. The number of H-pyrrole nitrogens is 1. The van der Waals surface area contributed by atoms with E-state index in [1.807, 2.05) is 48.7 Å². The fraction of sp³-hybridized carbons (Fsp3) is 0.176. The molecular weight excluding hydrogens is 278 g/mol. The molecular formula is C17H17N3O2. The summed E-state index contributed by atoms with van der Waals surface area (Å²) < 4.78 is 7.25. The van der Waals surface area contributed by atoms with Crippen molar-refractivity contribution < 1.29 is 4.74 Å². The van der Waals surface area contributed by atoms with Crippen molar-refractivity contribution in [3.63, 3.8) is 0 Å². The normalized spacial score (nSPS) is 10.7. The first-order valence-corrected chi connectivity index (χ1v) is 6.99. The highest BCUT2D eigenvalue weighted by atomic mass is 16.5. The lowest BCUT2D eigenvalue weighted by atomic mass is 10.1. The van der Waals surface area contributed by atoms with Crippen LogP contribution in [0.4, 0.5) is 0 Å². The monoisotopic (exact) mass is 295 g/mol. The van der Waals surface area contributed by atoms with Crippen LogP contribution in [0.15, 0.2) is 47.4 Å². The number of rotatable bonds is 3. The van der Waals surface area contributed by atoms with Gasteiger partial charge in [-0.1, -0.05) is 12.1 Å². The predicted octanol–water partition coefficient (Wildman–Crippen LogP) is 2.85. The molecule has 3 rings (SSSR count). The Bertz CT molecular complexity index is 878. The number of aromatic amines is 1. The van der Waals surface area contributed by atoms with Crippen molar-refractivity contribution >= 4 is 0 Å². The van der Waals surface area contributed by atoms with Crippen molar-refractivity contribution in [2.45, 2.75) is 13.8 Å². The molecule has 0 spiro atoms. The summed E-state index contributed by atoms with van der Waals surface area (Å²) >= 11 is 0. The lowest BCUT2D eigenvalue weighted by Gasteiger charge is -2.08. The number of hydrogen-bond donors (Lipinski definition) is 1. The van der Waals surface area contributed by atoms with Gasteiger partial charge in [-0.15, -0.1) is 0 Å². The molecule has 22 heavy (non-hydrogen) atoms. The fourth-order valence-corrected chi connectivity index (χ4v) is 2.64. The van der Waals surface area contributed by atoms with Crippen molar-refractivity contribution in [3.8, 4) is 22.7 Å². The Labute approximate surface area is 128 Å². The number of ether oxygens (including phenoxy) is 1. The number of methoxy groups -OCH3 is 1. The lowest BCUT2D eigenvalue weighted by Crippen LogP contribution is -2.07. The van der Waals surface area contributed by atoms with Gasteiger partial charge in [0.25, 0.3) is 0 Å². The molecule has 0 saturated heterocycles. The Morgan fingerprint density at radius 2 is 2.00 bits per heavy atom. The second-order valence-corrected chi connectivity index (χ2v) is 5.07. The van der Waals surface area contributed by atoms with E-state index in [-0.39, 0.29) is 5.56 Å². The molecule has 0 amide bonds. The second kappa shape index (κ2) is 5.52. The van der Waals surface area contributed by atoms with Gasteiger partial charge in [0.05, 0.1) is 18.5 Å². The van der Waals surface area contributed by atoms with Gasteiger partial charge in [0.1, 0.15) is 11.6 Å². The van der Waals surface area contributed by atoms with E-state index in [2.05, 4.69) is 9.97 Å². The van der Waals surface area contributed by atoms with E-state index < -0.39 is 0 Å². The van der Waals surface area contributed by atoms with Gasteiger partial charge in [0.15, 0.2) is 0 Å². The molecule has 0 atom stereocenters. The molecule has 0 aliphatic rings. The van der Waals surface area contributed by atoms with Crippen molar-refractivity contribution in [1.82, 2.24) is 14.5 Å². The third kappa shape index (κ3) is 2.41. The standard InChI is InChI=1S/C17H17N3O2/c1-11-17(13-5-4-6-15(9-13)22-3)19-12(2)20(11)14-7-8-18-16(21)10-14/h4-10H,1-3H3,(H,18,21). The van der Waals surface area contributed by atoms with Crippen LogP contribution in [-0.2, 0) is 0 Å². The molecule has 2 heterocycles. The highest BCUT2D eigenvalue weighted by Gasteiger charge is 2.14. The molecule has 112 valence electrons. The first kappa shape index (κ1) is 14.1. The van der Waals surface area contributed by atoms with E-state index in [1.54, 1.807) is 19.4 Å². The zero-order valence-electron chi connectivity index (χ0n) is 12.8. The Morgan fingerprint density at radius 1 is 1.18 bits per heavy atom. The molecule has 5 heteroatoms. The number of nitrogens with zero attached hydrogens (tertiary/aromatic N) is 2. The minimum Gasteiger partial charge on any atom is -0.497 e. The molecule has 0 aliphatic heterocycles. The number of aryl methyl sites for hydroxylation is 1. The molecule has 0 fully saturated rings. The summed E-state index contributed by atoms with van der Waals surface area (Å²) in [5.74, 6) is 1.63. The topological polar surface area (TPSA) is 59.9 Å². The summed E-state index contributed by atoms with van der Waals surface area (Å²) in [5.41, 5.74) is 3.53. The summed E-state index contributed by atoms with van der Waals surface area (Å²) in [7, 11) is 1.64. The number of nitrogens with one attached hydrogen (secondary N) is 1. The van der Waals surface area contributed by atoms with Crippen LogP contribution in [0.2, 0.25) is 0 Å². The molecule has 0 bridgehead atoms. The largest absolute Gasteiger partial charge is 0.497 e. The third-order valence-electron chi connectivity index (χ3n) is 3.64. The Kier molecular flexibility index (Phi) is 3.55. The van der Waals surface area contributed by atoms with Crippen LogP contribution in [0.3, 0.4) is 0 Å². The smallest absolute Gasteiger partial charge is 0.250 e. The molecule has 1 aromatic carbocycles. The molecule has 0 saturated carbocycles. The fourth-order valence-electron chi connectivity index (χ4n) is 2.64. The van der Waals surface area contributed by atoms with Crippen LogP contribution in [-0.4, -0.2) is 21.6 Å². The van der Waals surface area contributed by atoms with Gasteiger partial charge >= 0.3 is 0 Å². The molecule has 0 aliphatic carbocycles. The van der Waals surface area contributed by atoms with E-state index in [0.29, 0.717) is 0 Å². The number of imidazole rings is 1. The van der Waals surface area contributed by atoms with Crippen LogP contribution in [0.5, 0.6) is 5.75 Å². The Hall–Kier alpha value is -2.82. The second-order valence-electron chi connectivity index (χ2n) is 5.07. The van der Waals surface area contributed by atoms with Crippen LogP contribution >= 0.6 is 0 Å². The predicted molar refractivity (Wildman–Crippen MR) is 85.6 cm³/mol. The lowest BCUT2D eigenvalue weighted by molar-refractivity contribution is 0.415. The Balaban J connectivity index is 2.16. The molecule has 3 aromatic rings. The van der Waals surface area contributed by atoms with Crippen LogP contribution in [0, 0.1) is 13.8 Å². The van der Waals surface area contributed by atoms with Crippen LogP contribution in [0.25, 0.3) is 16.9 Å². The van der Waals surface area contributed by atoms with Gasteiger partial charge in [0, 0.05) is 23.5 Å². The molecule has 5 nitrogen and oxygen atoms in total. The quantitative estimate of drug-likeness (QED) is 0.808. The van der Waals surface area contributed by atoms with Gasteiger partial charge < -0.3 is 14.3 Å². The summed E-state index contributed by atoms with van der Waals surface area (Å²) in [4.78, 5) is 18.8. The maximum atomic E-state index is 11.5. The molecule has 1 N–H and O–H groups in total. The number of pyridine rings is 1. The summed E-state index contributed by atoms with van der Waals surface area (Å²) in [6.07, 6.45) is 1.64. The van der Waals surface area contributed by atoms with Crippen molar-refractivity contribution in [2.75, 3.05) is 7.11 Å². The van der Waals surface area contributed by atoms with Gasteiger partial charge in [0.2, 0.25) is 5.56 Å². The van der Waals surface area contributed by atoms with E-state index in [4.69, 9.17) is 4.74 Å². The van der Waals surface area contributed by atoms with E-state index in [9.17, 15) is 4.79 Å². The molecule has 2 aromatic heterocycles. The zero-order valence-corrected chi connectivity index (χ0v) is 12.8. The number of hydrogen-bond acceptors (Lipinski definition) is 3. The average molecular weight is 295 g/mol. The summed E-state index contributed by atoms with van der Waals surface area (Å²) in [6.45, 7) is 3.92. The maximum Gasteiger partial charge on any atom is 0.250 e. The highest BCUT2D eigenvalue weighted by Crippen LogP contribution is 2.28. The van der Waals surface area contributed by atoms with E-state index in [1.165, 1.54) is 0 Å². The van der Waals surface area contributed by atoms with E-state index in [0.717, 1.165) is 34.2 Å². The van der Waals surface area contributed by atoms with Gasteiger partial charge in [-0.05, 0) is 32.0 Å². The minimum atomic E-state index is -0.132. The summed E-state index contributed by atoms with van der Waals surface area (Å²) in [6, 6.07) is 11.2. The van der Waals surface area contributed by atoms with Gasteiger partial charge in [-0.2, -0.15) is 0 Å².